The number of nitrogens with one attached hydrogen (secondary N) is 1. The van der Waals surface area contributed by atoms with Crippen molar-refractivity contribution >= 4 is 23.6 Å². The van der Waals surface area contributed by atoms with Crippen LogP contribution in [-0.2, 0) is 33.8 Å². The number of hydrogen-bond donors (Lipinski definition) is 2. The molecule has 0 aliphatic rings. The molecule has 0 saturated carbocycles. The maximum absolute atomic E-state index is 12.3. The van der Waals surface area contributed by atoms with Gasteiger partial charge in [-0.1, -0.05) is 37.6 Å². The van der Waals surface area contributed by atoms with Crippen molar-refractivity contribution in [3.8, 4) is 0 Å². The number of carbonyl (C=O) groups is 3. The molecule has 9 heteroatoms. The first-order valence-corrected chi connectivity index (χ1v) is 12.6. The highest BCUT2D eigenvalue weighted by atomic mass is 16.7. The Bertz CT molecular complexity index is 1260. The molecule has 1 aromatic heterocycles. The summed E-state index contributed by atoms with van der Waals surface area (Å²) in [5.41, 5.74) is 2.30. The lowest BCUT2D eigenvalue weighted by atomic mass is 9.98. The van der Waals surface area contributed by atoms with Gasteiger partial charge in [-0.3, -0.25) is 4.79 Å². The summed E-state index contributed by atoms with van der Waals surface area (Å²) in [4.78, 5) is 40.3. The lowest BCUT2D eigenvalue weighted by molar-refractivity contribution is -0.161. The number of para-hydroxylation sites is 1. The van der Waals surface area contributed by atoms with Crippen LogP contribution in [0.3, 0.4) is 0 Å². The Balaban J connectivity index is 1.69. The Hall–Kier alpha value is -4.14. The molecule has 0 bridgehead atoms. The molecule has 3 aromatic rings. The van der Waals surface area contributed by atoms with Crippen molar-refractivity contribution in [3.63, 3.8) is 0 Å². The fourth-order valence-electron chi connectivity index (χ4n) is 3.70. The number of aromatic nitrogens is 2. The summed E-state index contributed by atoms with van der Waals surface area (Å²) in [7, 11) is 0. The highest BCUT2D eigenvalue weighted by molar-refractivity contribution is 5.94. The van der Waals surface area contributed by atoms with Crippen molar-refractivity contribution in [3.05, 3.63) is 82.9 Å². The number of benzene rings is 2. The number of unbranched alkanes of at least 4 members (excludes halogenated alkanes) is 1. The Kier molecular flexibility index (Phi) is 9.65. The Morgan fingerprint density at radius 2 is 1.74 bits per heavy atom. The number of nitrogens with zero attached hydrogens (tertiary/aromatic N) is 2. The number of aromatic carboxylic acids is 1. The SMILES string of the molecule is CCCCc1ncc(CNc2ccccc2C(=O)O)n1Cc1ccc(C(=O)OCOC(=O)C(C)(C)C)cc1. The molecule has 0 saturated heterocycles. The van der Waals surface area contributed by atoms with Crippen LogP contribution < -0.4 is 5.32 Å². The van der Waals surface area contributed by atoms with E-state index in [0.717, 1.165) is 36.3 Å². The third-order valence-corrected chi connectivity index (χ3v) is 5.91. The van der Waals surface area contributed by atoms with Crippen molar-refractivity contribution in [2.75, 3.05) is 12.1 Å². The van der Waals surface area contributed by atoms with Crippen molar-refractivity contribution in [1.29, 1.82) is 0 Å². The second-order valence-electron chi connectivity index (χ2n) is 9.99. The Morgan fingerprint density at radius 1 is 1.03 bits per heavy atom. The molecule has 2 aromatic carbocycles. The summed E-state index contributed by atoms with van der Waals surface area (Å²) < 4.78 is 12.2. The van der Waals surface area contributed by atoms with Crippen molar-refractivity contribution in [1.82, 2.24) is 9.55 Å². The van der Waals surface area contributed by atoms with Crippen LogP contribution in [0.5, 0.6) is 0 Å². The molecule has 0 aliphatic carbocycles. The van der Waals surface area contributed by atoms with E-state index in [1.807, 2.05) is 18.3 Å². The van der Waals surface area contributed by atoms with E-state index in [4.69, 9.17) is 9.47 Å². The van der Waals surface area contributed by atoms with Crippen LogP contribution in [0.2, 0.25) is 0 Å². The van der Waals surface area contributed by atoms with Gasteiger partial charge < -0.3 is 24.5 Å². The van der Waals surface area contributed by atoms with Gasteiger partial charge in [0.2, 0.25) is 6.79 Å². The molecular weight excluding hydrogens is 486 g/mol. The van der Waals surface area contributed by atoms with Crippen molar-refractivity contribution in [2.45, 2.75) is 60.0 Å². The van der Waals surface area contributed by atoms with Gasteiger partial charge in [-0.2, -0.15) is 0 Å². The molecule has 0 fully saturated rings. The van der Waals surface area contributed by atoms with Crippen LogP contribution in [0.1, 0.15) is 78.3 Å². The molecule has 9 nitrogen and oxygen atoms in total. The minimum atomic E-state index is -0.990. The second kappa shape index (κ2) is 12.9. The standard InChI is InChI=1S/C29H35N3O6/c1-5-6-11-25-31-17-22(16-30-24-10-8-7-9-23(24)26(33)34)32(25)18-20-12-14-21(15-13-20)27(35)37-19-38-28(36)29(2,3)4/h7-10,12-15,17,30H,5-6,11,16,18-19H2,1-4H3,(H,33,34). The zero-order chi connectivity index (χ0) is 27.7. The third-order valence-electron chi connectivity index (χ3n) is 5.91. The predicted octanol–water partition coefficient (Wildman–Crippen LogP) is 5.29. The van der Waals surface area contributed by atoms with E-state index in [-0.39, 0.29) is 5.56 Å². The number of imidazole rings is 1. The highest BCUT2D eigenvalue weighted by Crippen LogP contribution is 2.19. The largest absolute Gasteiger partial charge is 0.478 e. The molecule has 0 spiro atoms. The first-order valence-electron chi connectivity index (χ1n) is 12.6. The Morgan fingerprint density at radius 3 is 2.39 bits per heavy atom. The van der Waals surface area contributed by atoms with Gasteiger partial charge in [0.15, 0.2) is 0 Å². The van der Waals surface area contributed by atoms with Crippen LogP contribution in [0, 0.1) is 5.41 Å². The van der Waals surface area contributed by atoms with Gasteiger partial charge in [0.05, 0.1) is 35.0 Å². The predicted molar refractivity (Wildman–Crippen MR) is 143 cm³/mol. The van der Waals surface area contributed by atoms with Crippen LogP contribution >= 0.6 is 0 Å². The van der Waals surface area contributed by atoms with Crippen LogP contribution in [0.4, 0.5) is 5.69 Å². The van der Waals surface area contributed by atoms with Gasteiger partial charge in [0.25, 0.3) is 0 Å². The summed E-state index contributed by atoms with van der Waals surface area (Å²) in [6.07, 6.45) is 4.66. The van der Waals surface area contributed by atoms with E-state index >= 15 is 0 Å². The van der Waals surface area contributed by atoms with Gasteiger partial charge in [0.1, 0.15) is 5.82 Å². The van der Waals surface area contributed by atoms with Crippen molar-refractivity contribution in [2.24, 2.45) is 5.41 Å². The van der Waals surface area contributed by atoms with Gasteiger partial charge in [-0.25, -0.2) is 14.6 Å². The molecule has 0 unspecified atom stereocenters. The lowest BCUT2D eigenvalue weighted by Crippen LogP contribution is -2.24. The fraction of sp³-hybridized carbons (Fsp3) is 0.379. The smallest absolute Gasteiger partial charge is 0.340 e. The number of carboxylic acid groups (broad SMARTS) is 1. The van der Waals surface area contributed by atoms with E-state index < -0.39 is 30.1 Å². The van der Waals surface area contributed by atoms with Gasteiger partial charge >= 0.3 is 17.9 Å². The fourth-order valence-corrected chi connectivity index (χ4v) is 3.70. The monoisotopic (exact) mass is 521 g/mol. The molecule has 3 rings (SSSR count). The molecule has 1 heterocycles. The van der Waals surface area contributed by atoms with Crippen molar-refractivity contribution < 1.29 is 29.0 Å². The normalized spacial score (nSPS) is 11.2. The number of hydrogen-bond acceptors (Lipinski definition) is 7. The second-order valence-corrected chi connectivity index (χ2v) is 9.99. The zero-order valence-corrected chi connectivity index (χ0v) is 22.3. The molecule has 0 atom stereocenters. The zero-order valence-electron chi connectivity index (χ0n) is 22.3. The summed E-state index contributed by atoms with van der Waals surface area (Å²) >= 11 is 0. The number of ether oxygens (including phenoxy) is 2. The molecule has 202 valence electrons. The molecule has 2 N–H and O–H groups in total. The molecule has 0 radical (unpaired) electrons. The Labute approximate surface area is 222 Å². The van der Waals surface area contributed by atoms with Crippen LogP contribution in [-0.4, -0.2) is 39.4 Å². The molecule has 38 heavy (non-hydrogen) atoms. The summed E-state index contributed by atoms with van der Waals surface area (Å²) in [6, 6.07) is 13.8. The highest BCUT2D eigenvalue weighted by Gasteiger charge is 2.23. The van der Waals surface area contributed by atoms with E-state index in [1.54, 1.807) is 57.2 Å². The number of aryl methyl sites for hydroxylation is 1. The van der Waals surface area contributed by atoms with E-state index in [2.05, 4.69) is 21.8 Å². The van der Waals surface area contributed by atoms with E-state index in [1.165, 1.54) is 0 Å². The van der Waals surface area contributed by atoms with Crippen LogP contribution in [0.15, 0.2) is 54.7 Å². The first-order chi connectivity index (χ1) is 18.1. The number of rotatable bonds is 12. The number of carboxylic acids is 1. The summed E-state index contributed by atoms with van der Waals surface area (Å²) in [6.45, 7) is 7.80. The van der Waals surface area contributed by atoms with E-state index in [9.17, 15) is 19.5 Å². The minimum absolute atomic E-state index is 0.209. The summed E-state index contributed by atoms with van der Waals surface area (Å²) in [5.74, 6) is -1.07. The van der Waals surface area contributed by atoms with Gasteiger partial charge in [-0.05, 0) is 57.0 Å². The van der Waals surface area contributed by atoms with Gasteiger partial charge in [-0.15, -0.1) is 0 Å². The number of carbonyl (C=O) groups excluding carboxylic acids is 2. The third kappa shape index (κ3) is 7.68. The molecule has 0 amide bonds. The average Bonchev–Trinajstić information content (AvgIpc) is 3.26. The minimum Gasteiger partial charge on any atom is -0.478 e. The van der Waals surface area contributed by atoms with Crippen LogP contribution in [0.25, 0.3) is 0 Å². The molecule has 0 aliphatic heterocycles. The number of anilines is 1. The topological polar surface area (TPSA) is 120 Å². The molecular formula is C29H35N3O6. The lowest BCUT2D eigenvalue weighted by Gasteiger charge is -2.16. The summed E-state index contributed by atoms with van der Waals surface area (Å²) in [5, 5.41) is 12.7. The maximum Gasteiger partial charge on any atom is 0.340 e. The average molecular weight is 522 g/mol. The quantitative estimate of drug-likeness (QED) is 0.244. The maximum atomic E-state index is 12.3. The number of esters is 2. The van der Waals surface area contributed by atoms with E-state index in [0.29, 0.717) is 24.3 Å². The first kappa shape index (κ1) is 28.4. The van der Waals surface area contributed by atoms with Gasteiger partial charge in [0, 0.05) is 18.7 Å².